The Morgan fingerprint density at radius 1 is 0.583 bits per heavy atom. The summed E-state index contributed by atoms with van der Waals surface area (Å²) in [7, 11) is 12.0. The molecule has 0 aromatic heterocycles. The summed E-state index contributed by atoms with van der Waals surface area (Å²) in [5, 5.41) is 0. The van der Waals surface area contributed by atoms with E-state index in [-0.39, 0.29) is 37.9 Å². The molecule has 12 heavy (non-hydrogen) atoms. The quantitative estimate of drug-likeness (QED) is 0.388. The molecule has 0 aromatic rings. The molecule has 0 spiro atoms. The van der Waals surface area contributed by atoms with E-state index in [0.29, 0.717) is 0 Å². The third-order valence-electron chi connectivity index (χ3n) is 0. The summed E-state index contributed by atoms with van der Waals surface area (Å²) in [4.78, 5) is 4.00. The molecule has 0 bridgehead atoms. The monoisotopic (exact) mass is 168 g/mol. The summed E-state index contributed by atoms with van der Waals surface area (Å²) in [5.41, 5.74) is 0. The van der Waals surface area contributed by atoms with Crippen LogP contribution in [0.3, 0.4) is 0 Å². The largest absolute Gasteiger partial charge is 2.00 e. The summed E-state index contributed by atoms with van der Waals surface area (Å²) in [5.74, 6) is 0. The molecule has 0 saturated heterocycles. The van der Waals surface area contributed by atoms with Crippen molar-refractivity contribution in [3.05, 3.63) is 14.9 Å². The average molecular weight is 168 g/mol. The zero-order valence-electron chi connectivity index (χ0n) is 12.3. The van der Waals surface area contributed by atoms with Crippen LogP contribution in [0.25, 0.3) is 0 Å². The van der Waals surface area contributed by atoms with Crippen molar-refractivity contribution in [2.45, 2.75) is 0 Å². The number of hydrogen-bond donors (Lipinski definition) is 0. The van der Waals surface area contributed by atoms with Gasteiger partial charge in [-0.25, -0.2) is 0 Å². The zero-order chi connectivity index (χ0) is 7.15. The van der Waals surface area contributed by atoms with Crippen LogP contribution in [0.4, 0.5) is 0 Å². The second-order valence-electron chi connectivity index (χ2n) is 2.68. The molecular formula is C8H26Be2N2. The molecule has 0 aromatic carbocycles. The van der Waals surface area contributed by atoms with Gasteiger partial charge >= 0.3 is 20.2 Å². The Hall–Kier alpha value is 0.258. The van der Waals surface area contributed by atoms with E-state index in [1.165, 1.54) is 0 Å². The van der Waals surface area contributed by atoms with Crippen LogP contribution in [-0.4, -0.2) is 72.3 Å². The second kappa shape index (κ2) is 30.2. The number of rotatable bonds is 0. The van der Waals surface area contributed by atoms with Gasteiger partial charge in [-0.15, -0.1) is 0 Å². The van der Waals surface area contributed by atoms with Crippen LogP contribution in [0.1, 0.15) is 2.85 Å². The average Bonchev–Trinajstić information content (AvgIpc) is 1.25. The maximum absolute atomic E-state index is 2.00. The molecule has 2 nitrogen and oxygen atoms in total. The molecular weight excluding hydrogens is 142 g/mol. The minimum atomic E-state index is 0. The first-order valence-electron chi connectivity index (χ1n) is 2.68. The van der Waals surface area contributed by atoms with Crippen LogP contribution in [0.5, 0.6) is 0 Å². The van der Waals surface area contributed by atoms with Crippen molar-refractivity contribution in [1.29, 1.82) is 0 Å². The summed E-state index contributed by atoms with van der Waals surface area (Å²) in [6.45, 7) is 0. The van der Waals surface area contributed by atoms with E-state index in [2.05, 4.69) is 0 Å². The van der Waals surface area contributed by atoms with Crippen molar-refractivity contribution < 1.29 is 2.85 Å². The molecule has 0 aliphatic rings. The van der Waals surface area contributed by atoms with Gasteiger partial charge in [0.15, 0.2) is 0 Å². The van der Waals surface area contributed by atoms with Crippen molar-refractivity contribution in [2.75, 3.05) is 42.3 Å². The Morgan fingerprint density at radius 2 is 0.583 bits per heavy atom. The first-order valence-corrected chi connectivity index (χ1v) is 2.68. The van der Waals surface area contributed by atoms with E-state index < -0.39 is 0 Å². The Balaban J connectivity index is -0.00000000600. The Morgan fingerprint density at radius 3 is 0.583 bits per heavy atom. The summed E-state index contributed by atoms with van der Waals surface area (Å²) in [6, 6.07) is 0. The van der Waals surface area contributed by atoms with Crippen LogP contribution >= 0.6 is 0 Å². The van der Waals surface area contributed by atoms with E-state index in [4.69, 9.17) is 0 Å². The molecule has 0 heterocycles. The molecule has 0 unspecified atom stereocenters. The summed E-state index contributed by atoms with van der Waals surface area (Å²) < 4.78 is 0. The number of nitrogens with zero attached hydrogens (tertiary/aromatic N) is 2. The van der Waals surface area contributed by atoms with Gasteiger partial charge < -0.3 is 27.5 Å². The fourth-order valence-corrected chi connectivity index (χ4v) is 0. The van der Waals surface area contributed by atoms with Crippen molar-refractivity contribution in [3.8, 4) is 0 Å². The molecule has 0 atom stereocenters. The van der Waals surface area contributed by atoms with E-state index >= 15 is 0 Å². The minimum Gasteiger partial charge on any atom is -1.00 e. The molecule has 0 rings (SSSR count). The normalized spacial score (nSPS) is 6.00. The van der Waals surface area contributed by atoms with Gasteiger partial charge in [0.1, 0.15) is 0 Å². The SMILES string of the molecule is CN(C)C.CN(C)C.[Be+2].[Be+2].[CH3-].[CH3-].[H-].[H-]. The van der Waals surface area contributed by atoms with Gasteiger partial charge in [-0.05, 0) is 42.3 Å². The Kier molecular flexibility index (Phi) is 100. The third-order valence-corrected chi connectivity index (χ3v) is 0. The molecule has 0 N–H and O–H groups in total. The van der Waals surface area contributed by atoms with Crippen LogP contribution in [0.2, 0.25) is 0 Å². The maximum atomic E-state index is 2.00. The Bertz CT molecular complexity index is 38.8. The molecule has 0 saturated carbocycles. The van der Waals surface area contributed by atoms with E-state index in [9.17, 15) is 0 Å². The molecule has 0 fully saturated rings. The first kappa shape index (κ1) is 39.7. The minimum absolute atomic E-state index is 0. The fraction of sp³-hybridized carbons (Fsp3) is 0.750. The van der Waals surface area contributed by atoms with Crippen molar-refractivity contribution in [3.63, 3.8) is 0 Å². The van der Waals surface area contributed by atoms with Crippen LogP contribution < -0.4 is 0 Å². The standard InChI is InChI=1S/2C3H9N.2CH3.2Be.2H/c2*1-4(2)3;;;;;;/h2*1-3H3;2*1H3;;;;/q;;2*-1;2*+2;2*-1. The Labute approximate surface area is 90.7 Å². The van der Waals surface area contributed by atoms with E-state index in [1.54, 1.807) is 0 Å². The van der Waals surface area contributed by atoms with Crippen molar-refractivity contribution in [2.24, 2.45) is 0 Å². The zero-order valence-corrected chi connectivity index (χ0v) is 10.3. The van der Waals surface area contributed by atoms with Gasteiger partial charge in [0.2, 0.25) is 0 Å². The van der Waals surface area contributed by atoms with Gasteiger partial charge in [-0.3, -0.25) is 0 Å². The third kappa shape index (κ3) is 13200. The van der Waals surface area contributed by atoms with Crippen LogP contribution in [-0.2, 0) is 0 Å². The van der Waals surface area contributed by atoms with E-state index in [1.807, 2.05) is 52.1 Å². The summed E-state index contributed by atoms with van der Waals surface area (Å²) >= 11 is 0. The molecule has 72 valence electrons. The van der Waals surface area contributed by atoms with Crippen molar-refractivity contribution in [1.82, 2.24) is 9.80 Å². The smallest absolute Gasteiger partial charge is 1.00 e. The summed E-state index contributed by atoms with van der Waals surface area (Å²) in [6.07, 6.45) is 0. The van der Waals surface area contributed by atoms with Gasteiger partial charge in [-0.2, -0.15) is 0 Å². The second-order valence-corrected chi connectivity index (χ2v) is 2.68. The maximum Gasteiger partial charge on any atom is 2.00 e. The molecule has 0 aliphatic carbocycles. The molecule has 0 aliphatic heterocycles. The van der Waals surface area contributed by atoms with Gasteiger partial charge in [0.25, 0.3) is 0 Å². The predicted molar refractivity (Wildman–Crippen MR) is 65.8 cm³/mol. The number of hydrogen-bond acceptors (Lipinski definition) is 2. The fourth-order valence-electron chi connectivity index (χ4n) is 0. The first-order chi connectivity index (χ1) is 3.46. The van der Waals surface area contributed by atoms with Gasteiger partial charge in [0, 0.05) is 0 Å². The van der Waals surface area contributed by atoms with Gasteiger partial charge in [0.05, 0.1) is 0 Å². The van der Waals surface area contributed by atoms with Crippen molar-refractivity contribution >= 4 is 20.2 Å². The molecule has 0 radical (unpaired) electrons. The van der Waals surface area contributed by atoms with Gasteiger partial charge in [-0.1, -0.05) is 0 Å². The predicted octanol–water partition coefficient (Wildman–Crippen LogP) is 0.720. The van der Waals surface area contributed by atoms with Crippen LogP contribution in [0.15, 0.2) is 0 Å². The molecule has 4 heteroatoms. The van der Waals surface area contributed by atoms with Crippen LogP contribution in [0, 0.1) is 14.9 Å². The topological polar surface area (TPSA) is 6.48 Å². The molecule has 0 amide bonds. The van der Waals surface area contributed by atoms with E-state index in [0.717, 1.165) is 0 Å².